The van der Waals surface area contributed by atoms with Crippen molar-refractivity contribution in [3.63, 3.8) is 0 Å². The van der Waals surface area contributed by atoms with Gasteiger partial charge in [-0.15, -0.1) is 0 Å². The molecule has 0 atom stereocenters. The van der Waals surface area contributed by atoms with E-state index in [0.29, 0.717) is 32.1 Å². The minimum absolute atomic E-state index is 0.120. The van der Waals surface area contributed by atoms with Crippen LogP contribution in [0, 0.1) is 6.92 Å². The van der Waals surface area contributed by atoms with Crippen LogP contribution in [0.3, 0.4) is 0 Å². The summed E-state index contributed by atoms with van der Waals surface area (Å²) in [6.45, 7) is 1.88. The molecule has 0 fully saturated rings. The molecule has 0 spiro atoms. The molecule has 0 bridgehead atoms. The molecule has 4 nitrogen and oxygen atoms in total. The SMILES string of the molecule is Cc1c(C(=O)Cc2ccccn2)nn(-c2ccc(Cl)cc2Cl)c1-c1ccc(Cl)cc1. The average molecular weight is 457 g/mol. The van der Waals surface area contributed by atoms with Crippen molar-refractivity contribution in [2.24, 2.45) is 0 Å². The number of carbonyl (C=O) groups excluding carboxylic acids is 1. The van der Waals surface area contributed by atoms with Gasteiger partial charge in [0.2, 0.25) is 0 Å². The highest BCUT2D eigenvalue weighted by atomic mass is 35.5. The first-order valence-electron chi connectivity index (χ1n) is 9.18. The number of carbonyl (C=O) groups is 1. The normalized spacial score (nSPS) is 10.9. The maximum Gasteiger partial charge on any atom is 0.189 e. The van der Waals surface area contributed by atoms with Gasteiger partial charge in [-0.05, 0) is 49.4 Å². The first-order chi connectivity index (χ1) is 14.4. The first kappa shape index (κ1) is 20.6. The highest BCUT2D eigenvalue weighted by Crippen LogP contribution is 2.33. The number of pyridine rings is 1. The maximum absolute atomic E-state index is 13.1. The molecular formula is C23H16Cl3N3O. The third-order valence-corrected chi connectivity index (χ3v) is 5.50. The van der Waals surface area contributed by atoms with E-state index in [2.05, 4.69) is 10.1 Å². The Morgan fingerprint density at radius 2 is 1.70 bits per heavy atom. The zero-order valence-electron chi connectivity index (χ0n) is 15.9. The molecular weight excluding hydrogens is 441 g/mol. The Labute approximate surface area is 189 Å². The molecule has 0 unspecified atom stereocenters. The lowest BCUT2D eigenvalue weighted by Crippen LogP contribution is -2.08. The zero-order valence-corrected chi connectivity index (χ0v) is 18.2. The van der Waals surface area contributed by atoms with E-state index < -0.39 is 0 Å². The Morgan fingerprint density at radius 1 is 0.967 bits per heavy atom. The topological polar surface area (TPSA) is 47.8 Å². The molecule has 0 aliphatic carbocycles. The molecule has 150 valence electrons. The van der Waals surface area contributed by atoms with Crippen molar-refractivity contribution < 1.29 is 4.79 Å². The lowest BCUT2D eigenvalue weighted by atomic mass is 10.0. The Kier molecular flexibility index (Phi) is 5.91. The monoisotopic (exact) mass is 455 g/mol. The van der Waals surface area contributed by atoms with Crippen LogP contribution in [0.25, 0.3) is 16.9 Å². The molecule has 0 N–H and O–H groups in total. The van der Waals surface area contributed by atoms with Crippen molar-refractivity contribution in [2.45, 2.75) is 13.3 Å². The van der Waals surface area contributed by atoms with Crippen LogP contribution in [0.1, 0.15) is 21.7 Å². The highest BCUT2D eigenvalue weighted by Gasteiger charge is 2.23. The molecule has 0 aliphatic heterocycles. The summed E-state index contributed by atoms with van der Waals surface area (Å²) < 4.78 is 1.68. The Hall–Kier alpha value is -2.66. The van der Waals surface area contributed by atoms with Crippen molar-refractivity contribution in [2.75, 3.05) is 0 Å². The van der Waals surface area contributed by atoms with Gasteiger partial charge >= 0.3 is 0 Å². The fourth-order valence-corrected chi connectivity index (χ4v) is 3.90. The predicted molar refractivity (Wildman–Crippen MR) is 121 cm³/mol. The number of benzene rings is 2. The van der Waals surface area contributed by atoms with Gasteiger partial charge in [0.25, 0.3) is 0 Å². The summed E-state index contributed by atoms with van der Waals surface area (Å²) in [4.78, 5) is 17.3. The molecule has 0 radical (unpaired) electrons. The fraction of sp³-hybridized carbons (Fsp3) is 0.0870. The molecule has 0 saturated carbocycles. The van der Waals surface area contributed by atoms with Gasteiger partial charge in [0.15, 0.2) is 5.78 Å². The van der Waals surface area contributed by atoms with Crippen molar-refractivity contribution in [1.29, 1.82) is 0 Å². The molecule has 4 rings (SSSR count). The number of hydrogen-bond donors (Lipinski definition) is 0. The van der Waals surface area contributed by atoms with Crippen molar-refractivity contribution in [3.8, 4) is 16.9 Å². The second-order valence-corrected chi connectivity index (χ2v) is 8.04. The van der Waals surface area contributed by atoms with E-state index in [1.165, 1.54) is 0 Å². The predicted octanol–water partition coefficient (Wildman–Crippen LogP) is 6.63. The molecule has 2 heterocycles. The van der Waals surface area contributed by atoms with Crippen LogP contribution in [0.2, 0.25) is 15.1 Å². The van der Waals surface area contributed by atoms with Crippen molar-refractivity contribution in [3.05, 3.63) is 98.9 Å². The summed E-state index contributed by atoms with van der Waals surface area (Å²) >= 11 is 18.6. The van der Waals surface area contributed by atoms with Crippen LogP contribution in [0.5, 0.6) is 0 Å². The summed E-state index contributed by atoms with van der Waals surface area (Å²) in [7, 11) is 0. The van der Waals surface area contributed by atoms with Gasteiger partial charge in [-0.1, -0.05) is 53.0 Å². The lowest BCUT2D eigenvalue weighted by Gasteiger charge is -2.11. The molecule has 0 amide bonds. The van der Waals surface area contributed by atoms with Crippen LogP contribution in [-0.4, -0.2) is 20.5 Å². The number of nitrogens with zero attached hydrogens (tertiary/aromatic N) is 3. The summed E-state index contributed by atoms with van der Waals surface area (Å²) in [5.41, 5.74) is 4.08. The number of rotatable bonds is 5. The molecule has 30 heavy (non-hydrogen) atoms. The maximum atomic E-state index is 13.1. The summed E-state index contributed by atoms with van der Waals surface area (Å²) in [6, 6.07) is 18.0. The van der Waals surface area contributed by atoms with E-state index in [1.807, 2.05) is 37.3 Å². The van der Waals surface area contributed by atoms with Gasteiger partial charge in [0, 0.05) is 33.1 Å². The molecule has 4 aromatic rings. The quantitative estimate of drug-likeness (QED) is 0.317. The Bertz CT molecular complexity index is 1220. The largest absolute Gasteiger partial charge is 0.292 e. The zero-order chi connectivity index (χ0) is 21.3. The number of ketones is 1. The van der Waals surface area contributed by atoms with Crippen LogP contribution in [-0.2, 0) is 6.42 Å². The summed E-state index contributed by atoms with van der Waals surface area (Å²) in [5, 5.41) is 6.22. The average Bonchev–Trinajstić information content (AvgIpc) is 3.06. The van der Waals surface area contributed by atoms with Crippen LogP contribution < -0.4 is 0 Å². The molecule has 0 aliphatic rings. The van der Waals surface area contributed by atoms with Gasteiger partial charge < -0.3 is 0 Å². The summed E-state index contributed by atoms with van der Waals surface area (Å²) in [5.74, 6) is -0.120. The summed E-state index contributed by atoms with van der Waals surface area (Å²) in [6.07, 6.45) is 1.83. The number of Topliss-reactive ketones (excluding diaryl/α,β-unsaturated/α-hetero) is 1. The third-order valence-electron chi connectivity index (χ3n) is 4.71. The van der Waals surface area contributed by atoms with E-state index in [1.54, 1.807) is 41.2 Å². The lowest BCUT2D eigenvalue weighted by molar-refractivity contribution is 0.0986. The Balaban J connectivity index is 1.86. The first-order valence-corrected chi connectivity index (χ1v) is 10.3. The van der Waals surface area contributed by atoms with E-state index >= 15 is 0 Å². The molecule has 7 heteroatoms. The molecule has 2 aromatic carbocycles. The van der Waals surface area contributed by atoms with Crippen molar-refractivity contribution >= 4 is 40.6 Å². The van der Waals surface area contributed by atoms with Gasteiger partial charge in [-0.25, -0.2) is 4.68 Å². The van der Waals surface area contributed by atoms with E-state index in [-0.39, 0.29) is 12.2 Å². The second-order valence-electron chi connectivity index (χ2n) is 6.76. The minimum Gasteiger partial charge on any atom is -0.292 e. The van der Waals surface area contributed by atoms with E-state index in [9.17, 15) is 4.79 Å². The molecule has 0 saturated heterocycles. The second kappa shape index (κ2) is 8.60. The van der Waals surface area contributed by atoms with Crippen LogP contribution >= 0.6 is 34.8 Å². The highest BCUT2D eigenvalue weighted by molar-refractivity contribution is 6.35. The van der Waals surface area contributed by atoms with Gasteiger partial charge in [0.1, 0.15) is 5.69 Å². The van der Waals surface area contributed by atoms with Crippen LogP contribution in [0.4, 0.5) is 0 Å². The number of halogens is 3. The number of hydrogen-bond acceptors (Lipinski definition) is 3. The van der Waals surface area contributed by atoms with Crippen LogP contribution in [0.15, 0.2) is 66.9 Å². The minimum atomic E-state index is -0.120. The van der Waals surface area contributed by atoms with Gasteiger partial charge in [-0.3, -0.25) is 9.78 Å². The smallest absolute Gasteiger partial charge is 0.189 e. The Morgan fingerprint density at radius 3 is 2.37 bits per heavy atom. The van der Waals surface area contributed by atoms with E-state index in [4.69, 9.17) is 34.8 Å². The third kappa shape index (κ3) is 4.12. The van der Waals surface area contributed by atoms with Gasteiger partial charge in [0.05, 0.1) is 22.8 Å². The fourth-order valence-electron chi connectivity index (χ4n) is 3.29. The molecule has 2 aromatic heterocycles. The van der Waals surface area contributed by atoms with Crippen molar-refractivity contribution in [1.82, 2.24) is 14.8 Å². The standard InChI is InChI=1S/C23H16Cl3N3O/c1-14-22(21(30)13-18-4-2-3-11-27-18)28-29(20-10-9-17(25)12-19(20)26)23(14)15-5-7-16(24)8-6-15/h2-12H,13H2,1H3. The van der Waals surface area contributed by atoms with E-state index in [0.717, 1.165) is 16.8 Å². The van der Waals surface area contributed by atoms with Gasteiger partial charge in [-0.2, -0.15) is 5.10 Å². The number of aromatic nitrogens is 3.